The summed E-state index contributed by atoms with van der Waals surface area (Å²) in [6, 6.07) is 0. The molecule has 0 unspecified atom stereocenters. The summed E-state index contributed by atoms with van der Waals surface area (Å²) >= 11 is 0. The third-order valence-corrected chi connectivity index (χ3v) is 11.7. The van der Waals surface area contributed by atoms with E-state index in [0.29, 0.717) is 0 Å². The second-order valence-corrected chi connectivity index (χ2v) is 13.7. The largest absolute Gasteiger partial charge is 0.308 e. The molecule has 3 fully saturated rings. The van der Waals surface area contributed by atoms with E-state index in [2.05, 4.69) is 44.5 Å². The average Bonchev–Trinajstić information content (AvgIpc) is 2.79. The van der Waals surface area contributed by atoms with Crippen molar-refractivity contribution in [2.45, 2.75) is 92.0 Å². The molecule has 0 aliphatic heterocycles. The fraction of sp³-hybridized carbons (Fsp3) is 0.733. The smallest absolute Gasteiger partial charge is 0.235 e. The molecule has 5 rings (SSSR count). The van der Waals surface area contributed by atoms with Crippen LogP contribution in [0.25, 0.3) is 4.85 Å². The normalized spacial score (nSPS) is 48.0. The predicted molar refractivity (Wildman–Crippen MR) is 134 cm³/mol. The van der Waals surface area contributed by atoms with Gasteiger partial charge in [-0.15, -0.1) is 0 Å². The molecule has 5 nitrogen and oxygen atoms in total. The third-order valence-electron chi connectivity index (χ3n) is 11.7. The predicted octanol–water partition coefficient (Wildman–Crippen LogP) is 6.26. The molecule has 5 heteroatoms. The topological polar surface area (TPSA) is 67.9 Å². The Labute approximate surface area is 209 Å². The van der Waals surface area contributed by atoms with Crippen molar-refractivity contribution in [1.29, 1.82) is 0 Å². The molecule has 0 aromatic heterocycles. The summed E-state index contributed by atoms with van der Waals surface area (Å²) in [6.45, 7) is 20.9. The Morgan fingerprint density at radius 2 is 1.71 bits per heavy atom. The summed E-state index contributed by atoms with van der Waals surface area (Å²) in [5.74, 6) is -0.188. The molecule has 3 saturated carbocycles. The van der Waals surface area contributed by atoms with Gasteiger partial charge in [0.2, 0.25) is 11.8 Å². The van der Waals surface area contributed by atoms with Crippen molar-refractivity contribution in [3.63, 3.8) is 0 Å². The number of ketones is 2. The SMILES string of the molecule is [C-]#[N+]C1=C[C@]2(C)C3=CC(=O)[C@@H]4[C@@H]5CC(C)(C)CC[C@]5(N=C=O)CC[C@@]4(C)[C@]3(C)CC[C@H]2[C@H](C)C1=O. The summed E-state index contributed by atoms with van der Waals surface area (Å²) in [5, 5.41) is 0. The quantitative estimate of drug-likeness (QED) is 0.256. The third kappa shape index (κ3) is 2.99. The second-order valence-electron chi connectivity index (χ2n) is 13.7. The van der Waals surface area contributed by atoms with Crippen LogP contribution in [-0.4, -0.2) is 23.2 Å². The standard InChI is InChI=1S/C30H38N2O3/c1-18-19-8-9-28(5)23(27(19,4)16-21(31-7)25(18)35)14-22(34)24-20-15-26(2,3)10-12-30(20,32-17-33)13-11-29(24,28)6/h14,16,18-20,24H,8-13,15H2,1-6H3/t18-,19-,20-,24-,27-,28+,29+,30-/m0/s1. The number of allylic oxidation sites excluding steroid dienone is 4. The van der Waals surface area contributed by atoms with Crippen molar-refractivity contribution in [3.8, 4) is 0 Å². The lowest BCUT2D eigenvalue weighted by Crippen LogP contribution is -2.65. The van der Waals surface area contributed by atoms with Gasteiger partial charge in [-0.25, -0.2) is 9.64 Å². The van der Waals surface area contributed by atoms with E-state index in [9.17, 15) is 14.4 Å². The zero-order chi connectivity index (χ0) is 25.6. The van der Waals surface area contributed by atoms with Gasteiger partial charge in [0.05, 0.1) is 12.1 Å². The average molecular weight is 475 g/mol. The first-order valence-electron chi connectivity index (χ1n) is 13.3. The van der Waals surface area contributed by atoms with Gasteiger partial charge in [-0.3, -0.25) is 4.79 Å². The summed E-state index contributed by atoms with van der Waals surface area (Å²) in [4.78, 5) is 46.7. The highest BCUT2D eigenvalue weighted by Crippen LogP contribution is 2.72. The van der Waals surface area contributed by atoms with Crippen LogP contribution < -0.4 is 0 Å². The maximum atomic E-state index is 14.2. The van der Waals surface area contributed by atoms with Crippen LogP contribution in [0.4, 0.5) is 0 Å². The monoisotopic (exact) mass is 474 g/mol. The van der Waals surface area contributed by atoms with Crippen molar-refractivity contribution in [1.82, 2.24) is 0 Å². The maximum absolute atomic E-state index is 14.2. The van der Waals surface area contributed by atoms with Crippen molar-refractivity contribution < 1.29 is 14.4 Å². The van der Waals surface area contributed by atoms with Gasteiger partial charge in [0.15, 0.2) is 11.6 Å². The first kappa shape index (κ1) is 24.4. The summed E-state index contributed by atoms with van der Waals surface area (Å²) in [7, 11) is 0. The minimum Gasteiger partial charge on any atom is -0.308 e. The number of Topliss-reactive ketones (excluding diaryl/α,β-unsaturated/α-hetero) is 1. The minimum absolute atomic E-state index is 0.0281. The molecule has 0 radical (unpaired) electrons. The molecular weight excluding hydrogens is 436 g/mol. The summed E-state index contributed by atoms with van der Waals surface area (Å²) in [5.41, 5.74) is -0.0109. The van der Waals surface area contributed by atoms with E-state index >= 15 is 0 Å². The lowest BCUT2D eigenvalue weighted by molar-refractivity contribution is -0.156. The molecule has 35 heavy (non-hydrogen) atoms. The Kier molecular flexibility index (Phi) is 5.13. The van der Waals surface area contributed by atoms with Crippen LogP contribution in [0.1, 0.15) is 86.5 Å². The van der Waals surface area contributed by atoms with E-state index in [0.717, 1.165) is 50.5 Å². The Bertz CT molecular complexity index is 1170. The van der Waals surface area contributed by atoms with Gasteiger partial charge >= 0.3 is 0 Å². The molecule has 8 atom stereocenters. The maximum Gasteiger partial charge on any atom is 0.235 e. The first-order valence-corrected chi connectivity index (χ1v) is 13.3. The summed E-state index contributed by atoms with van der Waals surface area (Å²) < 4.78 is 0. The van der Waals surface area contributed by atoms with Gasteiger partial charge in [-0.1, -0.05) is 53.2 Å². The Balaban J connectivity index is 1.69. The number of hydrogen-bond acceptors (Lipinski definition) is 4. The molecule has 0 bridgehead atoms. The first-order chi connectivity index (χ1) is 16.3. The van der Waals surface area contributed by atoms with Crippen LogP contribution in [0.15, 0.2) is 28.4 Å². The molecule has 5 aliphatic rings. The van der Waals surface area contributed by atoms with Crippen LogP contribution in [0.3, 0.4) is 0 Å². The number of isocyanates is 1. The van der Waals surface area contributed by atoms with Crippen LogP contribution in [0.2, 0.25) is 0 Å². The van der Waals surface area contributed by atoms with Gasteiger partial charge in [-0.05, 0) is 79.1 Å². The highest BCUT2D eigenvalue weighted by Gasteiger charge is 2.69. The summed E-state index contributed by atoms with van der Waals surface area (Å²) in [6.07, 6.45) is 11.9. The number of carbonyl (C=O) groups excluding carboxylic acids is 3. The Hall–Kier alpha value is -2.31. The van der Waals surface area contributed by atoms with E-state index in [1.54, 1.807) is 0 Å². The molecule has 0 amide bonds. The number of fused-ring (bicyclic) bond motifs is 7. The van der Waals surface area contributed by atoms with E-state index in [1.807, 2.05) is 25.2 Å². The van der Waals surface area contributed by atoms with Crippen LogP contribution >= 0.6 is 0 Å². The van der Waals surface area contributed by atoms with E-state index in [1.165, 1.54) is 0 Å². The minimum atomic E-state index is -0.483. The van der Waals surface area contributed by atoms with Crippen molar-refractivity contribution in [2.75, 3.05) is 0 Å². The fourth-order valence-electron chi connectivity index (χ4n) is 9.48. The molecule has 0 spiro atoms. The molecule has 0 saturated heterocycles. The van der Waals surface area contributed by atoms with Gasteiger partial charge in [0.1, 0.15) is 0 Å². The van der Waals surface area contributed by atoms with Crippen molar-refractivity contribution in [3.05, 3.63) is 34.8 Å². The molecule has 0 N–H and O–H groups in total. The Morgan fingerprint density at radius 3 is 2.37 bits per heavy atom. The highest BCUT2D eigenvalue weighted by molar-refractivity contribution is 6.01. The second kappa shape index (κ2) is 7.36. The van der Waals surface area contributed by atoms with Crippen LogP contribution in [0, 0.1) is 51.9 Å². The number of nitrogens with zero attached hydrogens (tertiary/aromatic N) is 2. The Morgan fingerprint density at radius 1 is 1.03 bits per heavy atom. The molecule has 0 aromatic rings. The fourth-order valence-corrected chi connectivity index (χ4v) is 9.48. The van der Waals surface area contributed by atoms with E-state index in [4.69, 9.17) is 6.57 Å². The van der Waals surface area contributed by atoms with Gasteiger partial charge < -0.3 is 4.79 Å². The van der Waals surface area contributed by atoms with Gasteiger partial charge in [-0.2, -0.15) is 4.99 Å². The zero-order valence-electron chi connectivity index (χ0n) is 22.0. The molecule has 186 valence electrons. The van der Waals surface area contributed by atoms with E-state index in [-0.39, 0.29) is 57.2 Å². The molecule has 5 aliphatic carbocycles. The molecule has 0 heterocycles. The van der Waals surface area contributed by atoms with Crippen molar-refractivity contribution in [2.24, 2.45) is 50.3 Å². The molecular formula is C30H38N2O3. The number of carbonyl (C=O) groups is 2. The van der Waals surface area contributed by atoms with E-state index < -0.39 is 11.0 Å². The highest BCUT2D eigenvalue weighted by atomic mass is 16.1. The van der Waals surface area contributed by atoms with Crippen LogP contribution in [-0.2, 0) is 14.4 Å². The molecule has 0 aromatic carbocycles. The zero-order valence-corrected chi connectivity index (χ0v) is 22.0. The van der Waals surface area contributed by atoms with Crippen molar-refractivity contribution >= 4 is 17.6 Å². The van der Waals surface area contributed by atoms with Gasteiger partial charge in [0, 0.05) is 17.3 Å². The number of aliphatic imine (C=N–C) groups is 1. The van der Waals surface area contributed by atoms with Crippen LogP contribution in [0.5, 0.6) is 0 Å². The lowest BCUT2D eigenvalue weighted by Gasteiger charge is -2.68. The lowest BCUT2D eigenvalue weighted by atomic mass is 9.36. The van der Waals surface area contributed by atoms with Gasteiger partial charge in [0.25, 0.3) is 0 Å². The number of hydrogen-bond donors (Lipinski definition) is 0. The number of rotatable bonds is 1.